The maximum Gasteiger partial charge on any atom is 0.337 e. The Morgan fingerprint density at radius 3 is 2.48 bits per heavy atom. The van der Waals surface area contributed by atoms with Gasteiger partial charge in [0.05, 0.1) is 25.7 Å². The van der Waals surface area contributed by atoms with E-state index in [0.29, 0.717) is 12.2 Å². The molecule has 0 fully saturated rings. The summed E-state index contributed by atoms with van der Waals surface area (Å²) in [6, 6.07) is 9.06. The topological polar surface area (TPSA) is 52.6 Å². The van der Waals surface area contributed by atoms with E-state index in [4.69, 9.17) is 4.74 Å². The molecule has 4 nitrogen and oxygen atoms in total. The Balaban J connectivity index is 2.21. The van der Waals surface area contributed by atoms with Crippen molar-refractivity contribution in [3.63, 3.8) is 0 Å². The highest BCUT2D eigenvalue weighted by Crippen LogP contribution is 2.30. The molecule has 0 amide bonds. The summed E-state index contributed by atoms with van der Waals surface area (Å²) in [6.07, 6.45) is 0.255. The maximum atomic E-state index is 11.6. The Kier molecular flexibility index (Phi) is 5.11. The van der Waals surface area contributed by atoms with Crippen molar-refractivity contribution in [1.82, 2.24) is 0 Å². The fourth-order valence-corrected chi connectivity index (χ4v) is 2.90. The first-order chi connectivity index (χ1) is 10.2. The van der Waals surface area contributed by atoms with Gasteiger partial charge >= 0.3 is 11.9 Å². The number of carbonyl (C=O) groups excluding carboxylic acids is 2. The van der Waals surface area contributed by atoms with Crippen molar-refractivity contribution in [2.45, 2.75) is 13.3 Å². The molecule has 0 saturated heterocycles. The lowest BCUT2D eigenvalue weighted by atomic mass is 10.1. The first-order valence-corrected chi connectivity index (χ1v) is 7.44. The standard InChI is InChI=1S/C16H16O4S/c1-3-20-14(17)10-13-8-9-21-15(13)11-4-6-12(7-5-11)16(18)19-2/h4-9H,3,10H2,1-2H3. The Labute approximate surface area is 127 Å². The molecule has 2 rings (SSSR count). The summed E-state index contributed by atoms with van der Waals surface area (Å²) < 4.78 is 9.65. The second-order valence-corrected chi connectivity index (χ2v) is 5.24. The summed E-state index contributed by atoms with van der Waals surface area (Å²) in [6.45, 7) is 2.17. The lowest BCUT2D eigenvalue weighted by Gasteiger charge is -2.05. The van der Waals surface area contributed by atoms with Crippen LogP contribution in [0.25, 0.3) is 10.4 Å². The van der Waals surface area contributed by atoms with Gasteiger partial charge in [-0.2, -0.15) is 0 Å². The normalized spacial score (nSPS) is 10.2. The summed E-state index contributed by atoms with van der Waals surface area (Å²) >= 11 is 1.56. The van der Waals surface area contributed by atoms with Gasteiger partial charge in [-0.1, -0.05) is 12.1 Å². The van der Waals surface area contributed by atoms with Crippen LogP contribution in [0.5, 0.6) is 0 Å². The van der Waals surface area contributed by atoms with Crippen molar-refractivity contribution in [3.8, 4) is 10.4 Å². The monoisotopic (exact) mass is 304 g/mol. The Morgan fingerprint density at radius 1 is 1.14 bits per heavy atom. The Bertz CT molecular complexity index is 628. The van der Waals surface area contributed by atoms with Gasteiger partial charge in [0.2, 0.25) is 0 Å². The van der Waals surface area contributed by atoms with E-state index in [-0.39, 0.29) is 18.4 Å². The van der Waals surface area contributed by atoms with Gasteiger partial charge in [0.25, 0.3) is 0 Å². The average Bonchev–Trinajstić information content (AvgIpc) is 2.95. The molecule has 1 heterocycles. The zero-order valence-corrected chi connectivity index (χ0v) is 12.7. The summed E-state index contributed by atoms with van der Waals surface area (Å²) in [5, 5.41) is 1.94. The van der Waals surface area contributed by atoms with Crippen LogP contribution in [0.4, 0.5) is 0 Å². The number of benzene rings is 1. The Hall–Kier alpha value is -2.14. The van der Waals surface area contributed by atoms with E-state index in [9.17, 15) is 9.59 Å². The molecule has 1 aromatic heterocycles. The molecule has 21 heavy (non-hydrogen) atoms. The van der Waals surface area contributed by atoms with E-state index in [0.717, 1.165) is 16.0 Å². The first-order valence-electron chi connectivity index (χ1n) is 6.56. The second kappa shape index (κ2) is 7.04. The molecule has 0 aliphatic heterocycles. The molecule has 110 valence electrons. The largest absolute Gasteiger partial charge is 0.466 e. The number of carbonyl (C=O) groups is 2. The summed E-state index contributed by atoms with van der Waals surface area (Å²) in [5.74, 6) is -0.595. The zero-order chi connectivity index (χ0) is 15.2. The van der Waals surface area contributed by atoms with Crippen LogP contribution in [-0.2, 0) is 20.7 Å². The predicted octanol–water partition coefficient (Wildman–Crippen LogP) is 3.31. The molecule has 0 bridgehead atoms. The fraction of sp³-hybridized carbons (Fsp3) is 0.250. The molecule has 2 aromatic rings. The van der Waals surface area contributed by atoms with Crippen molar-refractivity contribution in [2.75, 3.05) is 13.7 Å². The van der Waals surface area contributed by atoms with Gasteiger partial charge in [0, 0.05) is 4.88 Å². The number of ether oxygens (including phenoxy) is 2. The van der Waals surface area contributed by atoms with Gasteiger partial charge in [-0.05, 0) is 41.6 Å². The van der Waals surface area contributed by atoms with Crippen LogP contribution in [0, 0.1) is 0 Å². The van der Waals surface area contributed by atoms with Gasteiger partial charge in [-0.3, -0.25) is 4.79 Å². The molecule has 0 aliphatic carbocycles. The molecule has 0 spiro atoms. The molecular formula is C16H16O4S. The van der Waals surface area contributed by atoms with E-state index in [1.807, 2.05) is 23.6 Å². The van der Waals surface area contributed by atoms with E-state index in [1.54, 1.807) is 30.4 Å². The third kappa shape index (κ3) is 3.70. The fourth-order valence-electron chi connectivity index (χ4n) is 1.97. The van der Waals surface area contributed by atoms with Gasteiger partial charge in [-0.15, -0.1) is 11.3 Å². The van der Waals surface area contributed by atoms with Crippen molar-refractivity contribution in [1.29, 1.82) is 0 Å². The van der Waals surface area contributed by atoms with Crippen LogP contribution in [0.3, 0.4) is 0 Å². The maximum absolute atomic E-state index is 11.6. The molecule has 0 unspecified atom stereocenters. The highest BCUT2D eigenvalue weighted by molar-refractivity contribution is 7.13. The molecule has 0 atom stereocenters. The summed E-state index contributed by atoms with van der Waals surface area (Å²) in [7, 11) is 1.35. The zero-order valence-electron chi connectivity index (χ0n) is 11.9. The highest BCUT2D eigenvalue weighted by Gasteiger charge is 2.12. The minimum absolute atomic E-state index is 0.233. The van der Waals surface area contributed by atoms with Crippen molar-refractivity contribution >= 4 is 23.3 Å². The lowest BCUT2D eigenvalue weighted by molar-refractivity contribution is -0.142. The smallest absolute Gasteiger partial charge is 0.337 e. The van der Waals surface area contributed by atoms with E-state index in [1.165, 1.54) is 7.11 Å². The number of hydrogen-bond donors (Lipinski definition) is 0. The van der Waals surface area contributed by atoms with Gasteiger partial charge in [0.15, 0.2) is 0 Å². The van der Waals surface area contributed by atoms with Crippen LogP contribution in [0.1, 0.15) is 22.8 Å². The van der Waals surface area contributed by atoms with Gasteiger partial charge in [-0.25, -0.2) is 4.79 Å². The van der Waals surface area contributed by atoms with E-state index >= 15 is 0 Å². The molecule has 1 aromatic carbocycles. The number of hydrogen-bond acceptors (Lipinski definition) is 5. The minimum atomic E-state index is -0.362. The SMILES string of the molecule is CCOC(=O)Cc1ccsc1-c1ccc(C(=O)OC)cc1. The van der Waals surface area contributed by atoms with Crippen LogP contribution >= 0.6 is 11.3 Å². The second-order valence-electron chi connectivity index (χ2n) is 4.33. The van der Waals surface area contributed by atoms with Crippen LogP contribution in [0.15, 0.2) is 35.7 Å². The summed E-state index contributed by atoms with van der Waals surface area (Å²) in [5.41, 5.74) is 2.41. The number of rotatable bonds is 5. The van der Waals surface area contributed by atoms with Crippen LogP contribution in [-0.4, -0.2) is 25.7 Å². The molecule has 0 radical (unpaired) electrons. The third-order valence-corrected chi connectivity index (χ3v) is 3.96. The molecule has 0 N–H and O–H groups in total. The lowest BCUT2D eigenvalue weighted by Crippen LogP contribution is -2.07. The summed E-state index contributed by atoms with van der Waals surface area (Å²) in [4.78, 5) is 24.0. The number of methoxy groups -OCH3 is 1. The average molecular weight is 304 g/mol. The van der Waals surface area contributed by atoms with Crippen molar-refractivity contribution in [2.24, 2.45) is 0 Å². The van der Waals surface area contributed by atoms with E-state index < -0.39 is 0 Å². The van der Waals surface area contributed by atoms with Crippen LogP contribution < -0.4 is 0 Å². The molecule has 0 aliphatic rings. The molecular weight excluding hydrogens is 288 g/mol. The third-order valence-electron chi connectivity index (χ3n) is 2.96. The van der Waals surface area contributed by atoms with Gasteiger partial charge < -0.3 is 9.47 Å². The minimum Gasteiger partial charge on any atom is -0.466 e. The van der Waals surface area contributed by atoms with Crippen molar-refractivity contribution in [3.05, 3.63) is 46.8 Å². The van der Waals surface area contributed by atoms with Crippen molar-refractivity contribution < 1.29 is 19.1 Å². The Morgan fingerprint density at radius 2 is 1.86 bits per heavy atom. The number of esters is 2. The molecule has 0 saturated carbocycles. The van der Waals surface area contributed by atoms with E-state index in [2.05, 4.69) is 4.74 Å². The quantitative estimate of drug-likeness (QED) is 0.795. The molecule has 5 heteroatoms. The van der Waals surface area contributed by atoms with Gasteiger partial charge in [0.1, 0.15) is 0 Å². The predicted molar refractivity (Wildman–Crippen MR) is 81.4 cm³/mol. The first kappa shape index (κ1) is 15.3. The highest BCUT2D eigenvalue weighted by atomic mass is 32.1. The van der Waals surface area contributed by atoms with Crippen LogP contribution in [0.2, 0.25) is 0 Å². The number of thiophene rings is 1.